The van der Waals surface area contributed by atoms with Crippen LogP contribution in [0.3, 0.4) is 0 Å². The maximum absolute atomic E-state index is 13.2. The molecule has 1 N–H and O–H groups in total. The first kappa shape index (κ1) is 12.7. The Morgan fingerprint density at radius 3 is 2.78 bits per heavy atom. The summed E-state index contributed by atoms with van der Waals surface area (Å²) >= 11 is 5.82. The zero-order chi connectivity index (χ0) is 13.1. The van der Waals surface area contributed by atoms with E-state index < -0.39 is 5.82 Å². The van der Waals surface area contributed by atoms with Crippen LogP contribution in [0.2, 0.25) is 5.02 Å². The molecule has 0 aromatic heterocycles. The van der Waals surface area contributed by atoms with Gasteiger partial charge in [0.2, 0.25) is 0 Å². The molecule has 0 radical (unpaired) electrons. The topological polar surface area (TPSA) is 29.5 Å². The molecule has 4 heteroatoms. The van der Waals surface area contributed by atoms with Crippen molar-refractivity contribution in [2.45, 2.75) is 13.5 Å². The second-order valence-corrected chi connectivity index (χ2v) is 4.38. The molecule has 2 aromatic rings. The Morgan fingerprint density at radius 1 is 1.28 bits per heavy atom. The molecule has 0 saturated carbocycles. The zero-order valence-electron chi connectivity index (χ0n) is 9.78. The Labute approximate surface area is 110 Å². The second kappa shape index (κ2) is 5.27. The predicted octanol–water partition coefficient (Wildman–Crippen LogP) is 4.07. The van der Waals surface area contributed by atoms with Gasteiger partial charge in [-0.05, 0) is 30.7 Å². The van der Waals surface area contributed by atoms with Crippen LogP contribution in [0.1, 0.15) is 11.1 Å². The third kappa shape index (κ3) is 2.93. The fraction of sp³-hybridized carbons (Fsp3) is 0.143. The molecular weight excluding hydrogens is 255 g/mol. The van der Waals surface area contributed by atoms with E-state index in [1.54, 1.807) is 24.3 Å². The number of hydrogen-bond acceptors (Lipinski definition) is 2. The molecule has 18 heavy (non-hydrogen) atoms. The van der Waals surface area contributed by atoms with Crippen LogP contribution in [-0.4, -0.2) is 5.11 Å². The van der Waals surface area contributed by atoms with Gasteiger partial charge in [0.15, 0.2) is 0 Å². The van der Waals surface area contributed by atoms with Gasteiger partial charge in [0.25, 0.3) is 0 Å². The Balaban J connectivity index is 2.14. The van der Waals surface area contributed by atoms with Crippen molar-refractivity contribution in [3.05, 3.63) is 58.4 Å². The van der Waals surface area contributed by atoms with E-state index >= 15 is 0 Å². The van der Waals surface area contributed by atoms with Gasteiger partial charge in [0.05, 0.1) is 5.02 Å². The molecule has 0 heterocycles. The van der Waals surface area contributed by atoms with Gasteiger partial charge >= 0.3 is 0 Å². The Hall–Kier alpha value is -1.74. The van der Waals surface area contributed by atoms with E-state index in [0.29, 0.717) is 11.3 Å². The molecule has 0 spiro atoms. The maximum Gasteiger partial charge on any atom is 0.142 e. The smallest absolute Gasteiger partial charge is 0.142 e. The van der Waals surface area contributed by atoms with Crippen molar-refractivity contribution in [3.8, 4) is 11.5 Å². The van der Waals surface area contributed by atoms with Gasteiger partial charge < -0.3 is 9.84 Å². The van der Waals surface area contributed by atoms with Gasteiger partial charge in [0.1, 0.15) is 23.9 Å². The van der Waals surface area contributed by atoms with Crippen LogP contribution >= 0.6 is 11.6 Å². The minimum atomic E-state index is -0.468. The molecular formula is C14H12ClFO2. The second-order valence-electron chi connectivity index (χ2n) is 4.01. The van der Waals surface area contributed by atoms with Crippen LogP contribution in [-0.2, 0) is 6.61 Å². The highest BCUT2D eigenvalue weighted by molar-refractivity contribution is 6.31. The average molecular weight is 267 g/mol. The fourth-order valence-corrected chi connectivity index (χ4v) is 1.81. The van der Waals surface area contributed by atoms with Crippen molar-refractivity contribution >= 4 is 11.6 Å². The predicted molar refractivity (Wildman–Crippen MR) is 68.6 cm³/mol. The number of halogens is 2. The first-order chi connectivity index (χ1) is 8.56. The van der Waals surface area contributed by atoms with E-state index in [1.807, 2.05) is 6.92 Å². The largest absolute Gasteiger partial charge is 0.508 e. The van der Waals surface area contributed by atoms with Gasteiger partial charge in [0, 0.05) is 11.6 Å². The number of benzene rings is 2. The quantitative estimate of drug-likeness (QED) is 0.907. The van der Waals surface area contributed by atoms with E-state index in [9.17, 15) is 9.50 Å². The standard InChI is InChI=1S/C14H12ClFO2/c1-9-5-11(17)7-12(6-9)18-8-10-3-2-4-13(16)14(10)15/h2-7,17H,8H2,1H3. The lowest BCUT2D eigenvalue weighted by atomic mass is 10.2. The highest BCUT2D eigenvalue weighted by atomic mass is 35.5. The van der Waals surface area contributed by atoms with Gasteiger partial charge in [-0.25, -0.2) is 4.39 Å². The molecule has 2 rings (SSSR count). The number of aryl methyl sites for hydroxylation is 1. The molecule has 94 valence electrons. The SMILES string of the molecule is Cc1cc(O)cc(OCc2cccc(F)c2Cl)c1. The van der Waals surface area contributed by atoms with Crippen molar-refractivity contribution in [1.82, 2.24) is 0 Å². The Morgan fingerprint density at radius 2 is 2.06 bits per heavy atom. The van der Waals surface area contributed by atoms with Gasteiger partial charge in [-0.15, -0.1) is 0 Å². The molecule has 0 saturated heterocycles. The van der Waals surface area contributed by atoms with Crippen LogP contribution in [0.5, 0.6) is 11.5 Å². The van der Waals surface area contributed by atoms with Crippen molar-refractivity contribution in [3.63, 3.8) is 0 Å². The van der Waals surface area contributed by atoms with Crippen LogP contribution in [0.15, 0.2) is 36.4 Å². The van der Waals surface area contributed by atoms with E-state index in [2.05, 4.69) is 0 Å². The number of phenolic OH excluding ortho intramolecular Hbond substituents is 1. The average Bonchev–Trinajstić information content (AvgIpc) is 2.30. The number of hydrogen-bond donors (Lipinski definition) is 1. The first-order valence-electron chi connectivity index (χ1n) is 5.42. The highest BCUT2D eigenvalue weighted by Crippen LogP contribution is 2.24. The molecule has 0 aliphatic heterocycles. The Kier molecular flexibility index (Phi) is 3.72. The van der Waals surface area contributed by atoms with Crippen molar-refractivity contribution < 1.29 is 14.2 Å². The summed E-state index contributed by atoms with van der Waals surface area (Å²) in [6.07, 6.45) is 0. The van der Waals surface area contributed by atoms with Crippen LogP contribution in [0.25, 0.3) is 0 Å². The molecule has 0 aliphatic carbocycles. The minimum absolute atomic E-state index is 0.0642. The molecule has 0 bridgehead atoms. The third-order valence-corrected chi connectivity index (χ3v) is 2.88. The molecule has 0 atom stereocenters. The highest BCUT2D eigenvalue weighted by Gasteiger charge is 2.06. The number of aromatic hydroxyl groups is 1. The maximum atomic E-state index is 13.2. The monoisotopic (exact) mass is 266 g/mol. The van der Waals surface area contributed by atoms with Crippen LogP contribution in [0, 0.1) is 12.7 Å². The molecule has 2 aromatic carbocycles. The van der Waals surface area contributed by atoms with E-state index in [-0.39, 0.29) is 17.4 Å². The van der Waals surface area contributed by atoms with Gasteiger partial charge in [-0.2, -0.15) is 0 Å². The summed E-state index contributed by atoms with van der Waals surface area (Å²) in [7, 11) is 0. The normalized spacial score (nSPS) is 10.4. The fourth-order valence-electron chi connectivity index (χ4n) is 1.63. The van der Waals surface area contributed by atoms with E-state index in [4.69, 9.17) is 16.3 Å². The summed E-state index contributed by atoms with van der Waals surface area (Å²) in [4.78, 5) is 0. The summed E-state index contributed by atoms with van der Waals surface area (Å²) in [6, 6.07) is 9.48. The van der Waals surface area contributed by atoms with Crippen LogP contribution in [0.4, 0.5) is 4.39 Å². The lowest BCUT2D eigenvalue weighted by Crippen LogP contribution is -1.97. The molecule has 0 amide bonds. The number of rotatable bonds is 3. The number of phenols is 1. The Bertz CT molecular complexity index is 549. The lowest BCUT2D eigenvalue weighted by molar-refractivity contribution is 0.303. The molecule has 0 fully saturated rings. The van der Waals surface area contributed by atoms with E-state index in [1.165, 1.54) is 12.1 Å². The third-order valence-electron chi connectivity index (χ3n) is 2.46. The van der Waals surface area contributed by atoms with Gasteiger partial charge in [-0.1, -0.05) is 23.7 Å². The summed E-state index contributed by atoms with van der Waals surface area (Å²) in [6.45, 7) is 2.00. The van der Waals surface area contributed by atoms with Crippen LogP contribution < -0.4 is 4.74 Å². The lowest BCUT2D eigenvalue weighted by Gasteiger charge is -2.09. The first-order valence-corrected chi connectivity index (χ1v) is 5.80. The van der Waals surface area contributed by atoms with Gasteiger partial charge in [-0.3, -0.25) is 0 Å². The summed E-state index contributed by atoms with van der Waals surface area (Å²) in [5.74, 6) is 0.188. The molecule has 0 unspecified atom stereocenters. The number of ether oxygens (including phenoxy) is 1. The summed E-state index contributed by atoms with van der Waals surface area (Å²) in [5, 5.41) is 9.49. The van der Waals surface area contributed by atoms with Crippen molar-refractivity contribution in [2.24, 2.45) is 0 Å². The molecule has 2 nitrogen and oxygen atoms in total. The minimum Gasteiger partial charge on any atom is -0.508 e. The van der Waals surface area contributed by atoms with E-state index in [0.717, 1.165) is 5.56 Å². The van der Waals surface area contributed by atoms with Crippen molar-refractivity contribution in [2.75, 3.05) is 0 Å². The zero-order valence-corrected chi connectivity index (χ0v) is 10.5. The summed E-state index contributed by atoms with van der Waals surface area (Å²) in [5.41, 5.74) is 1.45. The summed E-state index contributed by atoms with van der Waals surface area (Å²) < 4.78 is 18.7. The molecule has 0 aliphatic rings. The van der Waals surface area contributed by atoms with Crippen molar-refractivity contribution in [1.29, 1.82) is 0 Å².